The zero-order chi connectivity index (χ0) is 15.9. The zero-order valence-electron chi connectivity index (χ0n) is 13.5. The van der Waals surface area contributed by atoms with Gasteiger partial charge >= 0.3 is 0 Å². The van der Waals surface area contributed by atoms with Crippen LogP contribution in [0.5, 0.6) is 5.75 Å². The minimum atomic E-state index is -0.129. The molecule has 2 rings (SSSR count). The molecule has 3 heteroatoms. The summed E-state index contributed by atoms with van der Waals surface area (Å²) >= 11 is 0. The molecule has 1 N–H and O–H groups in total. The van der Waals surface area contributed by atoms with Crippen LogP contribution in [0.4, 0.5) is 5.69 Å². The summed E-state index contributed by atoms with van der Waals surface area (Å²) in [6.45, 7) is 6.75. The van der Waals surface area contributed by atoms with Gasteiger partial charge in [-0.25, -0.2) is 0 Å². The Bertz CT molecular complexity index is 650. The minimum absolute atomic E-state index is 0.129. The van der Waals surface area contributed by atoms with Gasteiger partial charge in [-0.2, -0.15) is 0 Å². The molecule has 0 bridgehead atoms. The number of carbonyl (C=O) groups excluding carboxylic acids is 1. The van der Waals surface area contributed by atoms with Gasteiger partial charge in [0.1, 0.15) is 5.75 Å². The molecule has 0 fully saturated rings. The second kappa shape index (κ2) is 7.64. The van der Waals surface area contributed by atoms with Crippen molar-refractivity contribution in [1.29, 1.82) is 0 Å². The van der Waals surface area contributed by atoms with E-state index in [1.54, 1.807) is 6.07 Å². The van der Waals surface area contributed by atoms with Crippen LogP contribution in [-0.2, 0) is 6.42 Å². The zero-order valence-corrected chi connectivity index (χ0v) is 13.5. The Labute approximate surface area is 132 Å². The molecule has 0 aromatic heterocycles. The molecule has 0 atom stereocenters. The van der Waals surface area contributed by atoms with E-state index in [0.717, 1.165) is 29.7 Å². The van der Waals surface area contributed by atoms with Crippen LogP contribution in [0.2, 0.25) is 0 Å². The quantitative estimate of drug-likeness (QED) is 0.846. The SMILES string of the molecule is CCCOc1ccccc1C(=O)Nc1c(C)cccc1CC. The van der Waals surface area contributed by atoms with E-state index in [1.807, 2.05) is 50.2 Å². The van der Waals surface area contributed by atoms with Gasteiger partial charge in [-0.1, -0.05) is 44.2 Å². The number of anilines is 1. The predicted octanol–water partition coefficient (Wildman–Crippen LogP) is 4.60. The number of carbonyl (C=O) groups is 1. The van der Waals surface area contributed by atoms with Crippen molar-refractivity contribution in [3.8, 4) is 5.75 Å². The van der Waals surface area contributed by atoms with Crippen LogP contribution in [0, 0.1) is 6.92 Å². The van der Waals surface area contributed by atoms with Crippen molar-refractivity contribution >= 4 is 11.6 Å². The topological polar surface area (TPSA) is 38.3 Å². The van der Waals surface area contributed by atoms with Gasteiger partial charge in [0.2, 0.25) is 0 Å². The third-order valence-corrected chi connectivity index (χ3v) is 3.57. The van der Waals surface area contributed by atoms with Crippen LogP contribution in [0.1, 0.15) is 41.8 Å². The van der Waals surface area contributed by atoms with Crippen molar-refractivity contribution in [2.75, 3.05) is 11.9 Å². The van der Waals surface area contributed by atoms with Crippen LogP contribution in [0.15, 0.2) is 42.5 Å². The first kappa shape index (κ1) is 16.1. The number of aryl methyl sites for hydroxylation is 2. The standard InChI is InChI=1S/C19H23NO2/c1-4-13-22-17-12-7-6-11-16(17)19(21)20-18-14(3)9-8-10-15(18)5-2/h6-12H,4-5,13H2,1-3H3,(H,20,21). The summed E-state index contributed by atoms with van der Waals surface area (Å²) in [7, 11) is 0. The van der Waals surface area contributed by atoms with E-state index in [-0.39, 0.29) is 5.91 Å². The Balaban J connectivity index is 2.27. The van der Waals surface area contributed by atoms with Gasteiger partial charge in [-0.3, -0.25) is 4.79 Å². The summed E-state index contributed by atoms with van der Waals surface area (Å²) in [6, 6.07) is 13.4. The number of hydrogen-bond acceptors (Lipinski definition) is 2. The molecule has 0 aliphatic carbocycles. The van der Waals surface area contributed by atoms with Gasteiger partial charge in [-0.05, 0) is 43.0 Å². The molecule has 3 nitrogen and oxygen atoms in total. The predicted molar refractivity (Wildman–Crippen MR) is 90.7 cm³/mol. The molecule has 0 unspecified atom stereocenters. The molecule has 2 aromatic rings. The molecule has 0 aliphatic heterocycles. The first-order valence-corrected chi connectivity index (χ1v) is 7.79. The number of nitrogens with one attached hydrogen (secondary N) is 1. The molecule has 2 aromatic carbocycles. The highest BCUT2D eigenvalue weighted by molar-refractivity contribution is 6.06. The van der Waals surface area contributed by atoms with E-state index in [9.17, 15) is 4.79 Å². The fourth-order valence-electron chi connectivity index (χ4n) is 2.37. The monoisotopic (exact) mass is 297 g/mol. The van der Waals surface area contributed by atoms with E-state index in [2.05, 4.69) is 12.2 Å². The van der Waals surface area contributed by atoms with Gasteiger partial charge in [0.15, 0.2) is 0 Å². The number of benzene rings is 2. The fraction of sp³-hybridized carbons (Fsp3) is 0.316. The fourth-order valence-corrected chi connectivity index (χ4v) is 2.37. The van der Waals surface area contributed by atoms with Crippen molar-refractivity contribution in [3.05, 3.63) is 59.2 Å². The Hall–Kier alpha value is -2.29. The summed E-state index contributed by atoms with van der Waals surface area (Å²) < 4.78 is 5.67. The summed E-state index contributed by atoms with van der Waals surface area (Å²) in [5, 5.41) is 3.04. The van der Waals surface area contributed by atoms with Gasteiger partial charge in [0.25, 0.3) is 5.91 Å². The first-order chi connectivity index (χ1) is 10.7. The molecule has 0 heterocycles. The van der Waals surface area contributed by atoms with E-state index in [4.69, 9.17) is 4.74 Å². The maximum Gasteiger partial charge on any atom is 0.259 e. The van der Waals surface area contributed by atoms with E-state index in [1.165, 1.54) is 0 Å². The summed E-state index contributed by atoms with van der Waals surface area (Å²) in [6.07, 6.45) is 1.79. The van der Waals surface area contributed by atoms with Crippen LogP contribution < -0.4 is 10.1 Å². The van der Waals surface area contributed by atoms with E-state index < -0.39 is 0 Å². The Morgan fingerprint density at radius 1 is 1.09 bits per heavy atom. The van der Waals surface area contributed by atoms with Crippen LogP contribution in [-0.4, -0.2) is 12.5 Å². The number of para-hydroxylation sites is 2. The molecule has 0 aliphatic rings. The minimum Gasteiger partial charge on any atom is -0.493 e. The Morgan fingerprint density at radius 3 is 2.59 bits per heavy atom. The molecular formula is C19H23NO2. The second-order valence-corrected chi connectivity index (χ2v) is 5.26. The first-order valence-electron chi connectivity index (χ1n) is 7.79. The molecule has 1 amide bonds. The van der Waals surface area contributed by atoms with Crippen molar-refractivity contribution in [3.63, 3.8) is 0 Å². The third-order valence-electron chi connectivity index (χ3n) is 3.57. The maximum absolute atomic E-state index is 12.6. The average Bonchev–Trinajstić information content (AvgIpc) is 2.55. The van der Waals surface area contributed by atoms with Crippen LogP contribution in [0.25, 0.3) is 0 Å². The van der Waals surface area contributed by atoms with E-state index >= 15 is 0 Å². The molecule has 116 valence electrons. The highest BCUT2D eigenvalue weighted by atomic mass is 16.5. The normalized spacial score (nSPS) is 10.3. The van der Waals surface area contributed by atoms with Crippen molar-refractivity contribution in [1.82, 2.24) is 0 Å². The summed E-state index contributed by atoms with van der Waals surface area (Å²) in [5.74, 6) is 0.504. The summed E-state index contributed by atoms with van der Waals surface area (Å²) in [4.78, 5) is 12.6. The summed E-state index contributed by atoms with van der Waals surface area (Å²) in [5.41, 5.74) is 3.68. The molecule has 0 saturated carbocycles. The third kappa shape index (κ3) is 3.67. The van der Waals surface area contributed by atoms with Crippen LogP contribution in [0.3, 0.4) is 0 Å². The number of ether oxygens (including phenoxy) is 1. The lowest BCUT2D eigenvalue weighted by molar-refractivity contribution is 0.102. The number of amides is 1. The molecule has 0 radical (unpaired) electrons. The Morgan fingerprint density at radius 2 is 1.86 bits per heavy atom. The molecule has 22 heavy (non-hydrogen) atoms. The lowest BCUT2D eigenvalue weighted by atomic mass is 10.1. The number of hydrogen-bond donors (Lipinski definition) is 1. The van der Waals surface area contributed by atoms with Crippen molar-refractivity contribution < 1.29 is 9.53 Å². The smallest absolute Gasteiger partial charge is 0.259 e. The van der Waals surface area contributed by atoms with Gasteiger partial charge < -0.3 is 10.1 Å². The van der Waals surface area contributed by atoms with Gasteiger partial charge in [0, 0.05) is 5.69 Å². The Kier molecular flexibility index (Phi) is 5.59. The van der Waals surface area contributed by atoms with E-state index in [0.29, 0.717) is 17.9 Å². The second-order valence-electron chi connectivity index (χ2n) is 5.26. The highest BCUT2D eigenvalue weighted by Gasteiger charge is 2.14. The van der Waals surface area contributed by atoms with Crippen molar-refractivity contribution in [2.45, 2.75) is 33.6 Å². The molecular weight excluding hydrogens is 274 g/mol. The van der Waals surface area contributed by atoms with Gasteiger partial charge in [-0.15, -0.1) is 0 Å². The van der Waals surface area contributed by atoms with Crippen molar-refractivity contribution in [2.24, 2.45) is 0 Å². The largest absolute Gasteiger partial charge is 0.493 e. The maximum atomic E-state index is 12.6. The average molecular weight is 297 g/mol. The lowest BCUT2D eigenvalue weighted by Gasteiger charge is -2.15. The van der Waals surface area contributed by atoms with Crippen LogP contribution >= 0.6 is 0 Å². The number of rotatable bonds is 6. The van der Waals surface area contributed by atoms with Gasteiger partial charge in [0.05, 0.1) is 12.2 Å². The molecule has 0 saturated heterocycles. The molecule has 0 spiro atoms. The highest BCUT2D eigenvalue weighted by Crippen LogP contribution is 2.24. The lowest BCUT2D eigenvalue weighted by Crippen LogP contribution is -2.15.